The standard InChI is InChI=1S/C15H25ClN2O/c1-12(2)11-18(8-9-19-3)15(10-17)13-4-6-14(16)7-5-13/h4-7,12,15H,8-11,17H2,1-3H3. The van der Waals surface area contributed by atoms with E-state index in [4.69, 9.17) is 22.1 Å². The topological polar surface area (TPSA) is 38.5 Å². The van der Waals surface area contributed by atoms with Gasteiger partial charge in [0.05, 0.1) is 6.61 Å². The number of nitrogens with zero attached hydrogens (tertiary/aromatic N) is 1. The predicted molar refractivity (Wildman–Crippen MR) is 81.5 cm³/mol. The van der Waals surface area contributed by atoms with Gasteiger partial charge in [0, 0.05) is 37.8 Å². The minimum Gasteiger partial charge on any atom is -0.383 e. The minimum atomic E-state index is 0.217. The van der Waals surface area contributed by atoms with Crippen molar-refractivity contribution in [2.45, 2.75) is 19.9 Å². The van der Waals surface area contributed by atoms with Crippen LogP contribution in [0.15, 0.2) is 24.3 Å². The molecule has 0 aliphatic rings. The SMILES string of the molecule is COCCN(CC(C)C)C(CN)c1ccc(Cl)cc1. The van der Waals surface area contributed by atoms with Crippen molar-refractivity contribution < 1.29 is 4.74 Å². The van der Waals surface area contributed by atoms with E-state index >= 15 is 0 Å². The van der Waals surface area contributed by atoms with Gasteiger partial charge in [-0.1, -0.05) is 37.6 Å². The van der Waals surface area contributed by atoms with Crippen LogP contribution >= 0.6 is 11.6 Å². The molecule has 0 aliphatic carbocycles. The van der Waals surface area contributed by atoms with Crippen molar-refractivity contribution in [2.75, 3.05) is 33.4 Å². The van der Waals surface area contributed by atoms with Crippen molar-refractivity contribution in [3.05, 3.63) is 34.9 Å². The maximum Gasteiger partial charge on any atom is 0.0589 e. The Morgan fingerprint density at radius 2 is 1.89 bits per heavy atom. The largest absolute Gasteiger partial charge is 0.383 e. The second-order valence-corrected chi connectivity index (χ2v) is 5.62. The molecule has 0 aliphatic heterocycles. The Morgan fingerprint density at radius 1 is 1.26 bits per heavy atom. The minimum absolute atomic E-state index is 0.217. The lowest BCUT2D eigenvalue weighted by Gasteiger charge is -2.32. The van der Waals surface area contributed by atoms with Crippen LogP contribution in [0.5, 0.6) is 0 Å². The van der Waals surface area contributed by atoms with Crippen molar-refractivity contribution in [3.63, 3.8) is 0 Å². The Morgan fingerprint density at radius 3 is 2.37 bits per heavy atom. The number of ether oxygens (including phenoxy) is 1. The van der Waals surface area contributed by atoms with Crippen LogP contribution in [0.1, 0.15) is 25.5 Å². The zero-order valence-corrected chi connectivity index (χ0v) is 12.9. The fraction of sp³-hybridized carbons (Fsp3) is 0.600. The van der Waals surface area contributed by atoms with Gasteiger partial charge in [-0.25, -0.2) is 0 Å². The van der Waals surface area contributed by atoms with Crippen LogP contribution in [0.4, 0.5) is 0 Å². The molecule has 1 aromatic carbocycles. The van der Waals surface area contributed by atoms with E-state index in [1.807, 2.05) is 12.1 Å². The van der Waals surface area contributed by atoms with E-state index in [0.717, 1.165) is 24.7 Å². The summed E-state index contributed by atoms with van der Waals surface area (Å²) in [4.78, 5) is 2.39. The van der Waals surface area contributed by atoms with Gasteiger partial charge >= 0.3 is 0 Å². The van der Waals surface area contributed by atoms with Gasteiger partial charge in [-0.05, 0) is 23.6 Å². The van der Waals surface area contributed by atoms with Crippen LogP contribution in [0.25, 0.3) is 0 Å². The molecule has 0 fully saturated rings. The van der Waals surface area contributed by atoms with Gasteiger partial charge in [-0.15, -0.1) is 0 Å². The molecule has 19 heavy (non-hydrogen) atoms. The van der Waals surface area contributed by atoms with E-state index in [1.165, 1.54) is 5.56 Å². The lowest BCUT2D eigenvalue weighted by Crippen LogP contribution is -2.38. The van der Waals surface area contributed by atoms with Gasteiger partial charge < -0.3 is 10.5 Å². The molecule has 1 rings (SSSR count). The molecule has 0 aromatic heterocycles. The summed E-state index contributed by atoms with van der Waals surface area (Å²) in [5, 5.41) is 0.756. The summed E-state index contributed by atoms with van der Waals surface area (Å²) < 4.78 is 5.20. The molecule has 0 saturated carbocycles. The van der Waals surface area contributed by atoms with Crippen molar-refractivity contribution in [3.8, 4) is 0 Å². The van der Waals surface area contributed by atoms with Gasteiger partial charge in [0.2, 0.25) is 0 Å². The maximum atomic E-state index is 5.98. The Bertz CT molecular complexity index is 354. The van der Waals surface area contributed by atoms with Gasteiger partial charge in [0.25, 0.3) is 0 Å². The van der Waals surface area contributed by atoms with E-state index < -0.39 is 0 Å². The summed E-state index contributed by atoms with van der Waals surface area (Å²) in [5.41, 5.74) is 7.19. The van der Waals surface area contributed by atoms with Crippen LogP contribution in [-0.4, -0.2) is 38.3 Å². The molecule has 1 unspecified atom stereocenters. The average molecular weight is 285 g/mol. The summed E-state index contributed by atoms with van der Waals surface area (Å²) in [5.74, 6) is 0.596. The van der Waals surface area contributed by atoms with E-state index in [1.54, 1.807) is 7.11 Å². The van der Waals surface area contributed by atoms with Crippen LogP contribution in [-0.2, 0) is 4.74 Å². The third-order valence-corrected chi connectivity index (χ3v) is 3.35. The molecule has 108 valence electrons. The summed E-state index contributed by atoms with van der Waals surface area (Å²) in [6.07, 6.45) is 0. The van der Waals surface area contributed by atoms with E-state index in [-0.39, 0.29) is 6.04 Å². The number of methoxy groups -OCH3 is 1. The second-order valence-electron chi connectivity index (χ2n) is 5.18. The third-order valence-electron chi connectivity index (χ3n) is 3.10. The zero-order valence-electron chi connectivity index (χ0n) is 12.1. The Kier molecular flexibility index (Phi) is 7.39. The van der Waals surface area contributed by atoms with E-state index in [2.05, 4.69) is 30.9 Å². The Balaban J connectivity index is 2.84. The molecule has 0 saturated heterocycles. The van der Waals surface area contributed by atoms with E-state index in [0.29, 0.717) is 12.5 Å². The monoisotopic (exact) mass is 284 g/mol. The van der Waals surface area contributed by atoms with Gasteiger partial charge in [-0.2, -0.15) is 0 Å². The van der Waals surface area contributed by atoms with Crippen LogP contribution < -0.4 is 5.73 Å². The summed E-state index contributed by atoms with van der Waals surface area (Å²) in [6, 6.07) is 8.17. The molecule has 0 heterocycles. The number of nitrogens with two attached hydrogens (primary N) is 1. The maximum absolute atomic E-state index is 5.98. The lowest BCUT2D eigenvalue weighted by atomic mass is 10.0. The molecular formula is C15H25ClN2O. The number of benzene rings is 1. The number of rotatable bonds is 8. The molecule has 0 bridgehead atoms. The first kappa shape index (κ1) is 16.4. The molecular weight excluding hydrogens is 260 g/mol. The van der Waals surface area contributed by atoms with Gasteiger partial charge in [-0.3, -0.25) is 4.90 Å². The highest BCUT2D eigenvalue weighted by Gasteiger charge is 2.19. The van der Waals surface area contributed by atoms with Crippen LogP contribution in [0.2, 0.25) is 5.02 Å². The molecule has 2 N–H and O–H groups in total. The average Bonchev–Trinajstić information content (AvgIpc) is 2.38. The fourth-order valence-corrected chi connectivity index (χ4v) is 2.36. The van der Waals surface area contributed by atoms with Crippen molar-refractivity contribution in [1.29, 1.82) is 0 Å². The van der Waals surface area contributed by atoms with Gasteiger partial charge in [0.1, 0.15) is 0 Å². The van der Waals surface area contributed by atoms with Crippen molar-refractivity contribution in [2.24, 2.45) is 11.7 Å². The zero-order chi connectivity index (χ0) is 14.3. The highest BCUT2D eigenvalue weighted by molar-refractivity contribution is 6.30. The molecule has 0 radical (unpaired) electrons. The van der Waals surface area contributed by atoms with Crippen molar-refractivity contribution in [1.82, 2.24) is 4.90 Å². The first-order chi connectivity index (χ1) is 9.08. The summed E-state index contributed by atoms with van der Waals surface area (Å²) in [7, 11) is 1.73. The summed E-state index contributed by atoms with van der Waals surface area (Å²) in [6.45, 7) is 7.65. The molecule has 1 atom stereocenters. The highest BCUT2D eigenvalue weighted by atomic mass is 35.5. The third kappa shape index (κ3) is 5.49. The number of halogens is 1. The van der Waals surface area contributed by atoms with Crippen LogP contribution in [0, 0.1) is 5.92 Å². The predicted octanol–water partition coefficient (Wildman–Crippen LogP) is 2.94. The molecule has 3 nitrogen and oxygen atoms in total. The lowest BCUT2D eigenvalue weighted by molar-refractivity contribution is 0.112. The smallest absolute Gasteiger partial charge is 0.0589 e. The second kappa shape index (κ2) is 8.54. The molecule has 1 aromatic rings. The first-order valence-corrected chi connectivity index (χ1v) is 7.14. The molecule has 4 heteroatoms. The quantitative estimate of drug-likeness (QED) is 0.798. The molecule has 0 spiro atoms. The summed E-state index contributed by atoms with van der Waals surface area (Å²) >= 11 is 5.94. The highest BCUT2D eigenvalue weighted by Crippen LogP contribution is 2.22. The number of hydrogen-bond donors (Lipinski definition) is 1. The Labute approximate surface area is 121 Å². The van der Waals surface area contributed by atoms with E-state index in [9.17, 15) is 0 Å². The van der Waals surface area contributed by atoms with Crippen LogP contribution in [0.3, 0.4) is 0 Å². The number of hydrogen-bond acceptors (Lipinski definition) is 3. The fourth-order valence-electron chi connectivity index (χ4n) is 2.23. The first-order valence-electron chi connectivity index (χ1n) is 6.77. The van der Waals surface area contributed by atoms with Crippen molar-refractivity contribution >= 4 is 11.6 Å². The Hall–Kier alpha value is -0.610. The van der Waals surface area contributed by atoms with Gasteiger partial charge in [0.15, 0.2) is 0 Å². The normalized spacial score (nSPS) is 13.2. The molecule has 0 amide bonds.